The zero-order valence-electron chi connectivity index (χ0n) is 11.4. The number of benzene rings is 1. The Labute approximate surface area is 109 Å². The molecule has 0 aliphatic rings. The maximum Gasteiger partial charge on any atom is 0.122 e. The van der Waals surface area contributed by atoms with Crippen LogP contribution in [0.25, 0.3) is 0 Å². The summed E-state index contributed by atoms with van der Waals surface area (Å²) in [5.41, 5.74) is 2.36. The van der Waals surface area contributed by atoms with Crippen molar-refractivity contribution in [3.8, 4) is 5.75 Å². The summed E-state index contributed by atoms with van der Waals surface area (Å²) in [4.78, 5) is 1.93. The van der Waals surface area contributed by atoms with E-state index >= 15 is 0 Å². The maximum atomic E-state index is 9.29. The fourth-order valence-corrected chi connectivity index (χ4v) is 1.78. The summed E-state index contributed by atoms with van der Waals surface area (Å²) < 4.78 is 5.69. The lowest BCUT2D eigenvalue weighted by Gasteiger charge is -2.19. The third-order valence-electron chi connectivity index (χ3n) is 2.79. The van der Waals surface area contributed by atoms with Crippen LogP contribution in [0.2, 0.25) is 0 Å². The number of likely N-dealkylation sites (N-methyl/N-ethyl adjacent to an activating group) is 1. The predicted octanol–water partition coefficient (Wildman–Crippen LogP) is 0.967. The van der Waals surface area contributed by atoms with Crippen LogP contribution >= 0.6 is 0 Å². The molecule has 1 unspecified atom stereocenters. The SMILES string of the molecule is Cc1ccc(OCCN(C)CC(O)CO)c(C)c1. The fourth-order valence-electron chi connectivity index (χ4n) is 1.78. The topological polar surface area (TPSA) is 52.9 Å². The first-order valence-electron chi connectivity index (χ1n) is 6.20. The van der Waals surface area contributed by atoms with E-state index in [0.29, 0.717) is 19.7 Å². The summed E-state index contributed by atoms with van der Waals surface area (Å²) in [6, 6.07) is 6.10. The van der Waals surface area contributed by atoms with Gasteiger partial charge in [-0.15, -0.1) is 0 Å². The minimum absolute atomic E-state index is 0.206. The molecule has 2 N–H and O–H groups in total. The van der Waals surface area contributed by atoms with Gasteiger partial charge in [0, 0.05) is 13.1 Å². The Morgan fingerprint density at radius 1 is 1.33 bits per heavy atom. The Morgan fingerprint density at radius 3 is 2.67 bits per heavy atom. The van der Waals surface area contributed by atoms with Gasteiger partial charge in [0.25, 0.3) is 0 Å². The summed E-state index contributed by atoms with van der Waals surface area (Å²) in [6.07, 6.45) is -0.684. The molecule has 1 aromatic carbocycles. The predicted molar refractivity (Wildman–Crippen MR) is 72.0 cm³/mol. The second-order valence-electron chi connectivity index (χ2n) is 4.72. The van der Waals surface area contributed by atoms with Crippen molar-refractivity contribution in [1.29, 1.82) is 0 Å². The second-order valence-corrected chi connectivity index (χ2v) is 4.72. The monoisotopic (exact) mass is 253 g/mol. The summed E-state index contributed by atoms with van der Waals surface area (Å²) >= 11 is 0. The minimum atomic E-state index is -0.684. The average Bonchev–Trinajstić information content (AvgIpc) is 2.31. The number of nitrogens with zero attached hydrogens (tertiary/aromatic N) is 1. The van der Waals surface area contributed by atoms with Gasteiger partial charge in [-0.25, -0.2) is 0 Å². The molecule has 0 bridgehead atoms. The van der Waals surface area contributed by atoms with E-state index in [2.05, 4.69) is 13.0 Å². The summed E-state index contributed by atoms with van der Waals surface area (Å²) in [5.74, 6) is 0.900. The number of aliphatic hydroxyl groups is 2. The van der Waals surface area contributed by atoms with Crippen molar-refractivity contribution in [3.63, 3.8) is 0 Å². The molecule has 0 saturated heterocycles. The lowest BCUT2D eigenvalue weighted by atomic mass is 10.1. The second kappa shape index (κ2) is 7.36. The minimum Gasteiger partial charge on any atom is -0.492 e. The number of hydrogen-bond acceptors (Lipinski definition) is 4. The van der Waals surface area contributed by atoms with E-state index in [9.17, 15) is 5.11 Å². The van der Waals surface area contributed by atoms with Crippen LogP contribution in [0.4, 0.5) is 0 Å². The van der Waals surface area contributed by atoms with Gasteiger partial charge in [-0.05, 0) is 32.5 Å². The molecule has 1 rings (SSSR count). The van der Waals surface area contributed by atoms with Gasteiger partial charge in [-0.2, -0.15) is 0 Å². The number of aliphatic hydroxyl groups excluding tert-OH is 2. The molecule has 1 atom stereocenters. The lowest BCUT2D eigenvalue weighted by molar-refractivity contribution is 0.0631. The third kappa shape index (κ3) is 5.04. The Bertz CT molecular complexity index is 368. The smallest absolute Gasteiger partial charge is 0.122 e. The quantitative estimate of drug-likeness (QED) is 0.760. The highest BCUT2D eigenvalue weighted by atomic mass is 16.5. The number of aryl methyl sites for hydroxylation is 2. The first-order chi connectivity index (χ1) is 8.52. The van der Waals surface area contributed by atoms with Crippen LogP contribution in [0.3, 0.4) is 0 Å². The van der Waals surface area contributed by atoms with E-state index < -0.39 is 6.10 Å². The largest absolute Gasteiger partial charge is 0.492 e. The Kier molecular flexibility index (Phi) is 6.12. The molecule has 0 fully saturated rings. The summed E-state index contributed by atoms with van der Waals surface area (Å²) in [7, 11) is 1.89. The Hall–Kier alpha value is -1.10. The van der Waals surface area contributed by atoms with E-state index in [-0.39, 0.29) is 6.61 Å². The van der Waals surface area contributed by atoms with Crippen LogP contribution in [0.5, 0.6) is 5.75 Å². The lowest BCUT2D eigenvalue weighted by Crippen LogP contribution is -2.34. The summed E-state index contributed by atoms with van der Waals surface area (Å²) in [5, 5.41) is 18.0. The van der Waals surface area contributed by atoms with Crippen molar-refractivity contribution in [1.82, 2.24) is 4.90 Å². The highest BCUT2D eigenvalue weighted by Crippen LogP contribution is 2.18. The van der Waals surface area contributed by atoms with Crippen molar-refractivity contribution in [2.24, 2.45) is 0 Å². The molecule has 18 heavy (non-hydrogen) atoms. The number of hydrogen-bond donors (Lipinski definition) is 2. The van der Waals surface area contributed by atoms with Crippen LogP contribution < -0.4 is 4.74 Å². The van der Waals surface area contributed by atoms with Crippen LogP contribution in [0, 0.1) is 13.8 Å². The molecular formula is C14H23NO3. The zero-order valence-corrected chi connectivity index (χ0v) is 11.4. The molecule has 4 heteroatoms. The molecule has 0 saturated carbocycles. The third-order valence-corrected chi connectivity index (χ3v) is 2.79. The molecule has 0 spiro atoms. The van der Waals surface area contributed by atoms with Gasteiger partial charge in [0.15, 0.2) is 0 Å². The zero-order chi connectivity index (χ0) is 13.5. The van der Waals surface area contributed by atoms with Gasteiger partial charge in [0.05, 0.1) is 12.7 Å². The van der Waals surface area contributed by atoms with E-state index in [1.807, 2.05) is 31.0 Å². The van der Waals surface area contributed by atoms with Crippen LogP contribution in [-0.2, 0) is 0 Å². The molecular weight excluding hydrogens is 230 g/mol. The van der Waals surface area contributed by atoms with Crippen molar-refractivity contribution < 1.29 is 14.9 Å². The van der Waals surface area contributed by atoms with Crippen molar-refractivity contribution in [2.75, 3.05) is 33.4 Å². The van der Waals surface area contributed by atoms with Gasteiger partial charge >= 0.3 is 0 Å². The van der Waals surface area contributed by atoms with Gasteiger partial charge in [0.1, 0.15) is 12.4 Å². The maximum absolute atomic E-state index is 9.29. The van der Waals surface area contributed by atoms with E-state index in [1.54, 1.807) is 0 Å². The molecule has 4 nitrogen and oxygen atoms in total. The van der Waals surface area contributed by atoms with Crippen LogP contribution in [0.15, 0.2) is 18.2 Å². The molecule has 0 aromatic heterocycles. The molecule has 1 aromatic rings. The van der Waals surface area contributed by atoms with Gasteiger partial charge < -0.3 is 19.8 Å². The number of rotatable bonds is 7. The first-order valence-corrected chi connectivity index (χ1v) is 6.20. The first kappa shape index (κ1) is 15.0. The van der Waals surface area contributed by atoms with Gasteiger partial charge in [-0.1, -0.05) is 17.7 Å². The van der Waals surface area contributed by atoms with E-state index in [0.717, 1.165) is 11.3 Å². The molecule has 0 aliphatic heterocycles. The van der Waals surface area contributed by atoms with Crippen molar-refractivity contribution in [2.45, 2.75) is 20.0 Å². The van der Waals surface area contributed by atoms with Crippen LogP contribution in [0.1, 0.15) is 11.1 Å². The fraction of sp³-hybridized carbons (Fsp3) is 0.571. The molecule has 0 heterocycles. The van der Waals surface area contributed by atoms with E-state index in [4.69, 9.17) is 9.84 Å². The Morgan fingerprint density at radius 2 is 2.06 bits per heavy atom. The van der Waals surface area contributed by atoms with Gasteiger partial charge in [-0.3, -0.25) is 0 Å². The highest BCUT2D eigenvalue weighted by molar-refractivity contribution is 5.35. The summed E-state index contributed by atoms with van der Waals surface area (Å²) in [6.45, 7) is 5.61. The standard InChI is InChI=1S/C14H23NO3/c1-11-4-5-14(12(2)8-11)18-7-6-15(3)9-13(17)10-16/h4-5,8,13,16-17H,6-7,9-10H2,1-3H3. The van der Waals surface area contributed by atoms with Crippen molar-refractivity contribution in [3.05, 3.63) is 29.3 Å². The van der Waals surface area contributed by atoms with Crippen LogP contribution in [-0.4, -0.2) is 54.6 Å². The van der Waals surface area contributed by atoms with Gasteiger partial charge in [0.2, 0.25) is 0 Å². The Balaban J connectivity index is 2.33. The average molecular weight is 253 g/mol. The molecule has 0 radical (unpaired) electrons. The number of ether oxygens (including phenoxy) is 1. The normalized spacial score (nSPS) is 12.8. The van der Waals surface area contributed by atoms with E-state index in [1.165, 1.54) is 5.56 Å². The van der Waals surface area contributed by atoms with Crippen molar-refractivity contribution >= 4 is 0 Å². The molecule has 0 amide bonds. The highest BCUT2D eigenvalue weighted by Gasteiger charge is 2.07. The molecule has 102 valence electrons. The molecule has 0 aliphatic carbocycles.